The lowest BCUT2D eigenvalue weighted by molar-refractivity contribution is -0.130. The monoisotopic (exact) mass is 487 g/mol. The second kappa shape index (κ2) is 9.31. The number of Topliss-reactive ketones (excluding diaryl/α,β-unsaturated/α-hetero) is 1. The molecular formula is C28H22ClNO5. The summed E-state index contributed by atoms with van der Waals surface area (Å²) in [5.41, 5.74) is 2.02. The first-order valence-corrected chi connectivity index (χ1v) is 11.6. The normalized spacial score (nSPS) is 15.8. The molecule has 35 heavy (non-hydrogen) atoms. The molecule has 0 spiro atoms. The van der Waals surface area contributed by atoms with Gasteiger partial charge in [0.15, 0.2) is 11.5 Å². The summed E-state index contributed by atoms with van der Waals surface area (Å²) >= 11 is 6.07. The van der Waals surface area contributed by atoms with Gasteiger partial charge in [-0.3, -0.25) is 9.59 Å². The molecule has 0 saturated heterocycles. The van der Waals surface area contributed by atoms with Crippen molar-refractivity contribution >= 4 is 34.3 Å². The Labute approximate surface area is 207 Å². The summed E-state index contributed by atoms with van der Waals surface area (Å²) in [5, 5.41) is 12.1. The van der Waals surface area contributed by atoms with Crippen LogP contribution in [0.3, 0.4) is 0 Å². The molecule has 0 saturated carbocycles. The highest BCUT2D eigenvalue weighted by Crippen LogP contribution is 2.40. The van der Waals surface area contributed by atoms with Gasteiger partial charge in [-0.15, -0.1) is 0 Å². The lowest BCUT2D eigenvalue weighted by Crippen LogP contribution is -2.30. The van der Waals surface area contributed by atoms with Crippen LogP contribution in [0.25, 0.3) is 11.0 Å². The molecular weight excluding hydrogens is 466 g/mol. The highest BCUT2D eigenvalue weighted by Gasteiger charge is 2.44. The number of nitrogens with zero attached hydrogens (tertiary/aromatic N) is 1. The van der Waals surface area contributed by atoms with Gasteiger partial charge >= 0.3 is 0 Å². The van der Waals surface area contributed by atoms with Gasteiger partial charge in [-0.05, 0) is 54.4 Å². The van der Waals surface area contributed by atoms with Gasteiger partial charge in [0.1, 0.15) is 11.3 Å². The first-order chi connectivity index (χ1) is 17.0. The van der Waals surface area contributed by atoms with E-state index in [-0.39, 0.29) is 17.9 Å². The zero-order valence-electron chi connectivity index (χ0n) is 18.9. The van der Waals surface area contributed by atoms with Crippen LogP contribution in [0.2, 0.25) is 5.02 Å². The van der Waals surface area contributed by atoms with Crippen molar-refractivity contribution in [2.45, 2.75) is 19.5 Å². The minimum absolute atomic E-state index is 0.0164. The summed E-state index contributed by atoms with van der Waals surface area (Å²) in [6, 6.07) is 22.4. The number of furan rings is 1. The average Bonchev–Trinajstić information content (AvgIpc) is 3.39. The Balaban J connectivity index is 1.53. The Morgan fingerprint density at radius 1 is 1.06 bits per heavy atom. The minimum Gasteiger partial charge on any atom is -0.503 e. The number of benzene rings is 3. The zero-order valence-corrected chi connectivity index (χ0v) is 19.7. The van der Waals surface area contributed by atoms with E-state index in [4.69, 9.17) is 20.8 Å². The van der Waals surface area contributed by atoms with Crippen LogP contribution in [0, 0.1) is 0 Å². The highest BCUT2D eigenvalue weighted by molar-refractivity contribution is 6.31. The van der Waals surface area contributed by atoms with E-state index in [1.807, 2.05) is 61.5 Å². The number of aliphatic hydroxyl groups excluding tert-OH is 1. The summed E-state index contributed by atoms with van der Waals surface area (Å²) in [6.45, 7) is 2.66. The lowest BCUT2D eigenvalue weighted by atomic mass is 9.95. The number of fused-ring (bicyclic) bond motifs is 1. The Morgan fingerprint density at radius 3 is 2.51 bits per heavy atom. The third kappa shape index (κ3) is 4.29. The molecule has 1 unspecified atom stereocenters. The lowest BCUT2D eigenvalue weighted by Gasteiger charge is -2.27. The van der Waals surface area contributed by atoms with E-state index in [1.54, 1.807) is 24.3 Å². The smallest absolute Gasteiger partial charge is 0.290 e. The van der Waals surface area contributed by atoms with Crippen LogP contribution in [0.15, 0.2) is 94.6 Å². The van der Waals surface area contributed by atoms with Crippen LogP contribution in [-0.2, 0) is 11.3 Å². The summed E-state index contributed by atoms with van der Waals surface area (Å²) < 4.78 is 11.3. The number of amides is 1. The third-order valence-electron chi connectivity index (χ3n) is 5.95. The van der Waals surface area contributed by atoms with Crippen molar-refractivity contribution in [3.63, 3.8) is 0 Å². The molecule has 7 heteroatoms. The first kappa shape index (κ1) is 22.7. The Morgan fingerprint density at radius 2 is 1.80 bits per heavy atom. The Bertz CT molecular complexity index is 1440. The maximum Gasteiger partial charge on any atom is 0.290 e. The van der Waals surface area contributed by atoms with Crippen LogP contribution in [0.5, 0.6) is 5.75 Å². The fraction of sp³-hybridized carbons (Fsp3) is 0.143. The fourth-order valence-electron chi connectivity index (χ4n) is 4.34. The third-order valence-corrected chi connectivity index (χ3v) is 6.19. The molecule has 0 radical (unpaired) electrons. The number of ketones is 1. The second-order valence-corrected chi connectivity index (χ2v) is 8.64. The van der Waals surface area contributed by atoms with E-state index in [9.17, 15) is 14.7 Å². The topological polar surface area (TPSA) is 80.0 Å². The number of ether oxygens (including phenoxy) is 1. The summed E-state index contributed by atoms with van der Waals surface area (Å²) in [4.78, 5) is 28.3. The zero-order chi connectivity index (χ0) is 24.5. The van der Waals surface area contributed by atoms with E-state index in [2.05, 4.69) is 0 Å². The van der Waals surface area contributed by atoms with Crippen LogP contribution in [0.1, 0.15) is 34.6 Å². The highest BCUT2D eigenvalue weighted by atomic mass is 35.5. The summed E-state index contributed by atoms with van der Waals surface area (Å²) in [6.07, 6.45) is 0. The molecule has 1 aliphatic heterocycles. The molecule has 2 heterocycles. The standard InChI is InChI=1S/C28H22ClNO5/c1-2-34-21-11-8-17(9-12-21)16-30-25(18-6-4-3-5-7-18)24(27(32)28(30)33)26(31)23-15-19-14-20(29)10-13-22(19)35-23/h3-15,25,32H,2,16H2,1H3. The quantitative estimate of drug-likeness (QED) is 0.311. The molecule has 176 valence electrons. The Kier molecular flexibility index (Phi) is 6.05. The van der Waals surface area contributed by atoms with Gasteiger partial charge in [-0.1, -0.05) is 54.1 Å². The van der Waals surface area contributed by atoms with E-state index in [0.29, 0.717) is 28.2 Å². The van der Waals surface area contributed by atoms with Crippen molar-refractivity contribution in [2.24, 2.45) is 0 Å². The predicted molar refractivity (Wildman–Crippen MR) is 133 cm³/mol. The van der Waals surface area contributed by atoms with Gasteiger partial charge in [-0.2, -0.15) is 0 Å². The number of hydrogen-bond acceptors (Lipinski definition) is 5. The maximum atomic E-state index is 13.6. The van der Waals surface area contributed by atoms with Crippen LogP contribution >= 0.6 is 11.6 Å². The maximum absolute atomic E-state index is 13.6. The summed E-state index contributed by atoms with van der Waals surface area (Å²) in [5.74, 6) is -0.986. The van der Waals surface area contributed by atoms with Crippen molar-refractivity contribution in [2.75, 3.05) is 6.61 Å². The minimum atomic E-state index is -0.778. The van der Waals surface area contributed by atoms with Crippen LogP contribution in [0.4, 0.5) is 0 Å². The van der Waals surface area contributed by atoms with Crippen LogP contribution in [-0.4, -0.2) is 28.3 Å². The molecule has 0 bridgehead atoms. The van der Waals surface area contributed by atoms with Gasteiger partial charge in [0, 0.05) is 17.0 Å². The molecule has 1 amide bonds. The van der Waals surface area contributed by atoms with Crippen molar-refractivity contribution in [1.82, 2.24) is 4.90 Å². The Hall–Kier alpha value is -4.03. The van der Waals surface area contributed by atoms with E-state index in [1.165, 1.54) is 4.90 Å². The van der Waals surface area contributed by atoms with E-state index >= 15 is 0 Å². The average molecular weight is 488 g/mol. The molecule has 1 aliphatic rings. The number of halogens is 1. The van der Waals surface area contributed by atoms with Gasteiger partial charge < -0.3 is 19.2 Å². The molecule has 0 fully saturated rings. The van der Waals surface area contributed by atoms with Gasteiger partial charge in [-0.25, -0.2) is 0 Å². The molecule has 1 N–H and O–H groups in total. The number of carbonyl (C=O) groups is 2. The van der Waals surface area contributed by atoms with Crippen molar-refractivity contribution in [1.29, 1.82) is 0 Å². The van der Waals surface area contributed by atoms with Gasteiger partial charge in [0.05, 0.1) is 18.2 Å². The molecule has 4 aromatic rings. The first-order valence-electron chi connectivity index (χ1n) is 11.2. The molecule has 1 aromatic heterocycles. The number of hydrogen-bond donors (Lipinski definition) is 1. The summed E-state index contributed by atoms with van der Waals surface area (Å²) in [7, 11) is 0. The number of rotatable bonds is 7. The number of aliphatic hydroxyl groups is 1. The molecule has 6 nitrogen and oxygen atoms in total. The molecule has 5 rings (SSSR count). The fourth-order valence-corrected chi connectivity index (χ4v) is 4.52. The number of carbonyl (C=O) groups excluding carboxylic acids is 2. The second-order valence-electron chi connectivity index (χ2n) is 8.21. The molecule has 0 aliphatic carbocycles. The predicted octanol–water partition coefficient (Wildman–Crippen LogP) is 6.26. The van der Waals surface area contributed by atoms with Crippen molar-refractivity contribution in [3.05, 3.63) is 112 Å². The van der Waals surface area contributed by atoms with Crippen molar-refractivity contribution < 1.29 is 23.8 Å². The molecule has 1 atom stereocenters. The van der Waals surface area contributed by atoms with Gasteiger partial charge in [0.2, 0.25) is 5.78 Å². The van der Waals surface area contributed by atoms with E-state index < -0.39 is 23.5 Å². The largest absolute Gasteiger partial charge is 0.503 e. The van der Waals surface area contributed by atoms with Crippen molar-refractivity contribution in [3.8, 4) is 5.75 Å². The van der Waals surface area contributed by atoms with E-state index in [0.717, 1.165) is 11.3 Å². The van der Waals surface area contributed by atoms with Gasteiger partial charge in [0.25, 0.3) is 5.91 Å². The SMILES string of the molecule is CCOc1ccc(CN2C(=O)C(O)=C(C(=O)c3cc4cc(Cl)ccc4o3)C2c2ccccc2)cc1. The molecule has 3 aromatic carbocycles. The van der Waals surface area contributed by atoms with Crippen LogP contribution < -0.4 is 4.74 Å².